The number of likely N-dealkylation sites (N-methyl/N-ethyl adjacent to an activating group) is 2. The van der Waals surface area contributed by atoms with Crippen LogP contribution in [0.4, 0.5) is 0 Å². The minimum Gasteiger partial charge on any atom is -0.304 e. The third-order valence-electron chi connectivity index (χ3n) is 3.97. The Balaban J connectivity index is 1.69. The molecular weight excluding hydrogens is 234 g/mol. The van der Waals surface area contributed by atoms with Gasteiger partial charge in [-0.15, -0.1) is 0 Å². The van der Waals surface area contributed by atoms with Crippen molar-refractivity contribution in [1.29, 1.82) is 0 Å². The maximum atomic E-state index is 2.58. The Kier molecular flexibility index (Phi) is 5.37. The van der Waals surface area contributed by atoms with Crippen LogP contribution in [0.1, 0.15) is 11.1 Å². The summed E-state index contributed by atoms with van der Waals surface area (Å²) < 4.78 is 0. The van der Waals surface area contributed by atoms with E-state index in [-0.39, 0.29) is 0 Å². The van der Waals surface area contributed by atoms with Gasteiger partial charge in [-0.3, -0.25) is 4.90 Å². The normalized spacial score (nSPS) is 18.1. The van der Waals surface area contributed by atoms with Gasteiger partial charge in [-0.1, -0.05) is 29.8 Å². The van der Waals surface area contributed by atoms with Gasteiger partial charge in [0, 0.05) is 45.8 Å². The fourth-order valence-corrected chi connectivity index (χ4v) is 2.47. The van der Waals surface area contributed by atoms with Crippen LogP contribution in [0.5, 0.6) is 0 Å². The van der Waals surface area contributed by atoms with Crippen LogP contribution in [0.3, 0.4) is 0 Å². The highest BCUT2D eigenvalue weighted by atomic mass is 15.3. The lowest BCUT2D eigenvalue weighted by Gasteiger charge is -2.33. The molecule has 0 aliphatic carbocycles. The lowest BCUT2D eigenvalue weighted by Crippen LogP contribution is -2.46. The van der Waals surface area contributed by atoms with Gasteiger partial charge >= 0.3 is 0 Å². The highest BCUT2D eigenvalue weighted by Gasteiger charge is 2.13. The number of hydrogen-bond acceptors (Lipinski definition) is 3. The van der Waals surface area contributed by atoms with E-state index in [0.29, 0.717) is 0 Å². The molecule has 0 amide bonds. The van der Waals surface area contributed by atoms with Gasteiger partial charge in [-0.05, 0) is 26.6 Å². The van der Waals surface area contributed by atoms with Crippen molar-refractivity contribution in [3.8, 4) is 0 Å². The van der Waals surface area contributed by atoms with Crippen molar-refractivity contribution >= 4 is 0 Å². The second-order valence-corrected chi connectivity index (χ2v) is 5.87. The van der Waals surface area contributed by atoms with Crippen molar-refractivity contribution in [1.82, 2.24) is 14.7 Å². The molecule has 0 bridgehead atoms. The first kappa shape index (κ1) is 14.5. The molecule has 0 spiro atoms. The van der Waals surface area contributed by atoms with Gasteiger partial charge < -0.3 is 9.80 Å². The van der Waals surface area contributed by atoms with Crippen molar-refractivity contribution in [3.05, 3.63) is 35.4 Å². The van der Waals surface area contributed by atoms with Crippen LogP contribution in [0, 0.1) is 6.92 Å². The molecule has 0 saturated carbocycles. The van der Waals surface area contributed by atoms with E-state index in [4.69, 9.17) is 0 Å². The molecule has 1 aromatic rings. The zero-order chi connectivity index (χ0) is 13.7. The molecule has 3 nitrogen and oxygen atoms in total. The van der Waals surface area contributed by atoms with Crippen LogP contribution < -0.4 is 0 Å². The Morgan fingerprint density at radius 2 is 1.68 bits per heavy atom. The summed E-state index contributed by atoms with van der Waals surface area (Å²) in [5.74, 6) is 0. The summed E-state index contributed by atoms with van der Waals surface area (Å²) >= 11 is 0. The van der Waals surface area contributed by atoms with E-state index in [9.17, 15) is 0 Å². The average Bonchev–Trinajstić information content (AvgIpc) is 2.41. The first-order valence-electron chi connectivity index (χ1n) is 7.28. The summed E-state index contributed by atoms with van der Waals surface area (Å²) in [6.07, 6.45) is 0. The average molecular weight is 261 g/mol. The third kappa shape index (κ3) is 4.94. The Bertz CT molecular complexity index is 366. The summed E-state index contributed by atoms with van der Waals surface area (Å²) in [6, 6.07) is 8.87. The van der Waals surface area contributed by atoms with E-state index in [1.165, 1.54) is 43.9 Å². The smallest absolute Gasteiger partial charge is 0.0231 e. The lowest BCUT2D eigenvalue weighted by atomic mass is 10.1. The summed E-state index contributed by atoms with van der Waals surface area (Å²) in [7, 11) is 4.43. The fraction of sp³-hybridized carbons (Fsp3) is 0.625. The SMILES string of the molecule is Cc1ccc(CN(C)CCN2CCN(C)CC2)cc1. The molecule has 3 heteroatoms. The number of rotatable bonds is 5. The topological polar surface area (TPSA) is 9.72 Å². The van der Waals surface area contributed by atoms with Crippen LogP contribution in [0.25, 0.3) is 0 Å². The molecule has 1 fully saturated rings. The fourth-order valence-electron chi connectivity index (χ4n) is 2.47. The molecule has 19 heavy (non-hydrogen) atoms. The van der Waals surface area contributed by atoms with Crippen molar-refractivity contribution in [2.45, 2.75) is 13.5 Å². The second-order valence-electron chi connectivity index (χ2n) is 5.87. The van der Waals surface area contributed by atoms with Crippen LogP contribution in [-0.4, -0.2) is 68.1 Å². The molecule has 0 radical (unpaired) electrons. The van der Waals surface area contributed by atoms with E-state index in [1.807, 2.05) is 0 Å². The Labute approximate surface area is 117 Å². The van der Waals surface area contributed by atoms with E-state index in [1.54, 1.807) is 0 Å². The van der Waals surface area contributed by atoms with Crippen LogP contribution in [0.15, 0.2) is 24.3 Å². The molecule has 0 aromatic heterocycles. The standard InChI is InChI=1S/C16H27N3/c1-15-4-6-16(7-5-15)14-18(3)10-13-19-11-8-17(2)9-12-19/h4-7H,8-14H2,1-3H3. The quantitative estimate of drug-likeness (QED) is 0.798. The molecule has 0 atom stereocenters. The van der Waals surface area contributed by atoms with Gasteiger partial charge in [0.05, 0.1) is 0 Å². The minimum atomic E-state index is 1.05. The van der Waals surface area contributed by atoms with Gasteiger partial charge in [0.25, 0.3) is 0 Å². The second kappa shape index (κ2) is 7.04. The molecule has 1 aromatic carbocycles. The Morgan fingerprint density at radius 3 is 2.32 bits per heavy atom. The minimum absolute atomic E-state index is 1.05. The molecule has 2 rings (SSSR count). The largest absolute Gasteiger partial charge is 0.304 e. The first-order chi connectivity index (χ1) is 9.13. The molecule has 106 valence electrons. The van der Waals surface area contributed by atoms with E-state index in [0.717, 1.165) is 13.1 Å². The molecular formula is C16H27N3. The molecule has 1 heterocycles. The monoisotopic (exact) mass is 261 g/mol. The number of aryl methyl sites for hydroxylation is 1. The molecule has 0 unspecified atom stereocenters. The third-order valence-corrected chi connectivity index (χ3v) is 3.97. The zero-order valence-corrected chi connectivity index (χ0v) is 12.6. The Morgan fingerprint density at radius 1 is 1.05 bits per heavy atom. The van der Waals surface area contributed by atoms with Gasteiger partial charge in [0.2, 0.25) is 0 Å². The van der Waals surface area contributed by atoms with Gasteiger partial charge in [0.1, 0.15) is 0 Å². The highest BCUT2D eigenvalue weighted by Crippen LogP contribution is 2.06. The number of benzene rings is 1. The lowest BCUT2D eigenvalue weighted by molar-refractivity contribution is 0.139. The summed E-state index contributed by atoms with van der Waals surface area (Å²) in [4.78, 5) is 7.40. The van der Waals surface area contributed by atoms with Gasteiger partial charge in [0.15, 0.2) is 0 Å². The zero-order valence-electron chi connectivity index (χ0n) is 12.6. The van der Waals surface area contributed by atoms with Crippen LogP contribution in [-0.2, 0) is 6.54 Å². The Hall–Kier alpha value is -0.900. The van der Waals surface area contributed by atoms with Crippen LogP contribution in [0.2, 0.25) is 0 Å². The number of piperazine rings is 1. The van der Waals surface area contributed by atoms with Crippen molar-refractivity contribution < 1.29 is 0 Å². The van der Waals surface area contributed by atoms with Crippen molar-refractivity contribution in [3.63, 3.8) is 0 Å². The number of nitrogens with zero attached hydrogens (tertiary/aromatic N) is 3. The maximum Gasteiger partial charge on any atom is 0.0231 e. The predicted octanol–water partition coefficient (Wildman–Crippen LogP) is 1.67. The van der Waals surface area contributed by atoms with E-state index in [2.05, 4.69) is 60.0 Å². The maximum absolute atomic E-state index is 2.58. The highest BCUT2D eigenvalue weighted by molar-refractivity contribution is 5.21. The molecule has 0 N–H and O–H groups in total. The van der Waals surface area contributed by atoms with Crippen LogP contribution >= 0.6 is 0 Å². The molecule has 1 aliphatic heterocycles. The molecule has 1 aliphatic rings. The van der Waals surface area contributed by atoms with E-state index < -0.39 is 0 Å². The first-order valence-corrected chi connectivity index (χ1v) is 7.28. The summed E-state index contributed by atoms with van der Waals surface area (Å²) in [5.41, 5.74) is 2.75. The number of hydrogen-bond donors (Lipinski definition) is 0. The van der Waals surface area contributed by atoms with Gasteiger partial charge in [-0.2, -0.15) is 0 Å². The summed E-state index contributed by atoms with van der Waals surface area (Å²) in [5, 5.41) is 0. The van der Waals surface area contributed by atoms with Crippen molar-refractivity contribution in [2.24, 2.45) is 0 Å². The predicted molar refractivity (Wildman–Crippen MR) is 81.5 cm³/mol. The van der Waals surface area contributed by atoms with Gasteiger partial charge in [-0.25, -0.2) is 0 Å². The van der Waals surface area contributed by atoms with Crippen molar-refractivity contribution in [2.75, 3.05) is 53.4 Å². The molecule has 1 saturated heterocycles. The van der Waals surface area contributed by atoms with E-state index >= 15 is 0 Å². The summed E-state index contributed by atoms with van der Waals surface area (Å²) in [6.45, 7) is 10.4.